The first-order valence-corrected chi connectivity index (χ1v) is 10.6. The Bertz CT molecular complexity index is 1030. The summed E-state index contributed by atoms with van der Waals surface area (Å²) < 4.78 is 0. The number of hydrogen-bond acceptors (Lipinski definition) is 4. The fraction of sp³-hybridized carbons (Fsp3) is 0.333. The first-order valence-electron chi connectivity index (χ1n) is 10.6. The number of aryl methyl sites for hydroxylation is 1. The topological polar surface area (TPSA) is 96.8 Å². The zero-order chi connectivity index (χ0) is 23.1. The van der Waals surface area contributed by atoms with E-state index in [1.54, 1.807) is 29.2 Å². The molecule has 1 aliphatic heterocycles. The smallest absolute Gasteiger partial charge is 0.315 e. The van der Waals surface area contributed by atoms with Crippen LogP contribution >= 0.6 is 0 Å². The van der Waals surface area contributed by atoms with Crippen LogP contribution in [-0.4, -0.2) is 53.9 Å². The summed E-state index contributed by atoms with van der Waals surface area (Å²) in [5.41, 5.74) is 2.83. The Kier molecular flexibility index (Phi) is 7.45. The highest BCUT2D eigenvalue weighted by Gasteiger charge is 2.33. The summed E-state index contributed by atoms with van der Waals surface area (Å²) in [6, 6.07) is 15.8. The number of carbonyl (C=O) groups excluding carboxylic acids is 3. The van der Waals surface area contributed by atoms with Gasteiger partial charge in [0.15, 0.2) is 0 Å². The van der Waals surface area contributed by atoms with Crippen LogP contribution in [0.3, 0.4) is 0 Å². The standard InChI is InChI=1S/C24H27N5O3/c1-3-4-12-27(24(32)26-20-10-8-19(14-25)9-11-20)15-22(30)28-16-23(31)29(17-28)21-7-5-6-18(2)13-21/h5-11,13H,3-4,12,15-17H2,1-2H3,(H,26,32). The van der Waals surface area contributed by atoms with Gasteiger partial charge in [-0.25, -0.2) is 4.79 Å². The lowest BCUT2D eigenvalue weighted by Gasteiger charge is -2.25. The molecule has 8 nitrogen and oxygen atoms in total. The van der Waals surface area contributed by atoms with Crippen LogP contribution in [-0.2, 0) is 9.59 Å². The molecule has 0 aliphatic carbocycles. The van der Waals surface area contributed by atoms with E-state index < -0.39 is 6.03 Å². The summed E-state index contributed by atoms with van der Waals surface area (Å²) >= 11 is 0. The zero-order valence-electron chi connectivity index (χ0n) is 18.4. The first-order chi connectivity index (χ1) is 15.4. The second-order valence-corrected chi connectivity index (χ2v) is 7.79. The fourth-order valence-electron chi connectivity index (χ4n) is 3.43. The summed E-state index contributed by atoms with van der Waals surface area (Å²) in [7, 11) is 0. The number of urea groups is 1. The molecule has 0 saturated carbocycles. The van der Waals surface area contributed by atoms with E-state index in [9.17, 15) is 14.4 Å². The number of benzene rings is 2. The molecule has 2 aromatic carbocycles. The van der Waals surface area contributed by atoms with Gasteiger partial charge in [0.05, 0.1) is 11.6 Å². The summed E-state index contributed by atoms with van der Waals surface area (Å²) in [6.07, 6.45) is 1.63. The fourth-order valence-corrected chi connectivity index (χ4v) is 3.43. The van der Waals surface area contributed by atoms with Gasteiger partial charge in [-0.1, -0.05) is 25.5 Å². The summed E-state index contributed by atoms with van der Waals surface area (Å²) in [5.74, 6) is -0.425. The molecule has 0 radical (unpaired) electrons. The van der Waals surface area contributed by atoms with Gasteiger partial charge >= 0.3 is 6.03 Å². The third-order valence-corrected chi connectivity index (χ3v) is 5.27. The van der Waals surface area contributed by atoms with E-state index in [0.717, 1.165) is 24.1 Å². The predicted molar refractivity (Wildman–Crippen MR) is 122 cm³/mol. The normalized spacial score (nSPS) is 13.1. The largest absolute Gasteiger partial charge is 0.322 e. The molecule has 1 N–H and O–H groups in total. The molecule has 1 aliphatic rings. The van der Waals surface area contributed by atoms with E-state index >= 15 is 0 Å². The number of nitriles is 1. The highest BCUT2D eigenvalue weighted by Crippen LogP contribution is 2.21. The minimum absolute atomic E-state index is 0.00830. The summed E-state index contributed by atoms with van der Waals surface area (Å²) in [5, 5.41) is 11.7. The van der Waals surface area contributed by atoms with Crippen LogP contribution in [0.5, 0.6) is 0 Å². The molecule has 1 saturated heterocycles. The minimum atomic E-state index is -0.391. The molecule has 1 heterocycles. The maximum absolute atomic E-state index is 12.9. The number of carbonyl (C=O) groups is 3. The molecule has 8 heteroatoms. The van der Waals surface area contributed by atoms with Crippen molar-refractivity contribution in [2.24, 2.45) is 0 Å². The number of nitrogens with zero attached hydrogens (tertiary/aromatic N) is 4. The molecule has 2 aromatic rings. The average Bonchev–Trinajstić information content (AvgIpc) is 3.18. The number of unbranched alkanes of at least 4 members (excludes halogenated alkanes) is 1. The number of amides is 4. The van der Waals surface area contributed by atoms with Crippen molar-refractivity contribution in [1.29, 1.82) is 5.26 Å². The molecule has 0 aromatic heterocycles. The second kappa shape index (κ2) is 10.4. The second-order valence-electron chi connectivity index (χ2n) is 7.79. The van der Waals surface area contributed by atoms with Gasteiger partial charge in [-0.3, -0.25) is 14.5 Å². The lowest BCUT2D eigenvalue weighted by molar-refractivity contribution is -0.132. The maximum atomic E-state index is 12.9. The highest BCUT2D eigenvalue weighted by atomic mass is 16.2. The van der Waals surface area contributed by atoms with Gasteiger partial charge in [0.1, 0.15) is 19.8 Å². The van der Waals surface area contributed by atoms with Crippen LogP contribution in [0.2, 0.25) is 0 Å². The third kappa shape index (κ3) is 5.64. The Balaban J connectivity index is 1.65. The number of anilines is 2. The van der Waals surface area contributed by atoms with Crippen molar-refractivity contribution in [3.05, 3.63) is 59.7 Å². The van der Waals surface area contributed by atoms with Gasteiger partial charge in [0, 0.05) is 17.9 Å². The lowest BCUT2D eigenvalue weighted by atomic mass is 10.2. The molecular weight excluding hydrogens is 406 g/mol. The maximum Gasteiger partial charge on any atom is 0.322 e. The van der Waals surface area contributed by atoms with Crippen molar-refractivity contribution >= 4 is 29.2 Å². The molecule has 0 atom stereocenters. The number of rotatable bonds is 7. The van der Waals surface area contributed by atoms with Crippen LogP contribution in [0.15, 0.2) is 48.5 Å². The number of nitrogens with one attached hydrogen (secondary N) is 1. The van der Waals surface area contributed by atoms with E-state index in [4.69, 9.17) is 5.26 Å². The van der Waals surface area contributed by atoms with Gasteiger partial charge in [0.25, 0.3) is 0 Å². The van der Waals surface area contributed by atoms with E-state index in [0.29, 0.717) is 17.8 Å². The third-order valence-electron chi connectivity index (χ3n) is 5.27. The molecule has 32 heavy (non-hydrogen) atoms. The molecule has 1 fully saturated rings. The Morgan fingerprint density at radius 3 is 2.59 bits per heavy atom. The van der Waals surface area contributed by atoms with Crippen LogP contribution in [0.1, 0.15) is 30.9 Å². The lowest BCUT2D eigenvalue weighted by Crippen LogP contribution is -2.44. The number of hydrogen-bond donors (Lipinski definition) is 1. The van der Waals surface area contributed by atoms with Gasteiger partial charge in [-0.2, -0.15) is 5.26 Å². The Morgan fingerprint density at radius 1 is 1.19 bits per heavy atom. The van der Waals surface area contributed by atoms with Crippen molar-refractivity contribution in [2.75, 3.05) is 36.5 Å². The molecule has 3 rings (SSSR count). The predicted octanol–water partition coefficient (Wildman–Crippen LogP) is 3.33. The molecule has 166 valence electrons. The molecule has 0 bridgehead atoms. The first kappa shape index (κ1) is 22.8. The van der Waals surface area contributed by atoms with Crippen molar-refractivity contribution < 1.29 is 14.4 Å². The molecule has 0 spiro atoms. The minimum Gasteiger partial charge on any atom is -0.315 e. The molecule has 4 amide bonds. The van der Waals surface area contributed by atoms with E-state index in [1.165, 1.54) is 9.80 Å². The van der Waals surface area contributed by atoms with Crippen molar-refractivity contribution in [1.82, 2.24) is 9.80 Å². The quantitative estimate of drug-likeness (QED) is 0.724. The van der Waals surface area contributed by atoms with Gasteiger partial charge in [0.2, 0.25) is 11.8 Å². The van der Waals surface area contributed by atoms with E-state index in [2.05, 4.69) is 5.32 Å². The van der Waals surface area contributed by atoms with Gasteiger partial charge in [-0.15, -0.1) is 0 Å². The highest BCUT2D eigenvalue weighted by molar-refractivity contribution is 6.01. The van der Waals surface area contributed by atoms with Gasteiger partial charge < -0.3 is 15.1 Å². The monoisotopic (exact) mass is 433 g/mol. The molecular formula is C24H27N5O3. The average molecular weight is 434 g/mol. The zero-order valence-corrected chi connectivity index (χ0v) is 18.4. The Morgan fingerprint density at radius 2 is 1.94 bits per heavy atom. The van der Waals surface area contributed by atoms with Crippen LogP contribution in [0.4, 0.5) is 16.2 Å². The van der Waals surface area contributed by atoms with Crippen molar-refractivity contribution in [3.63, 3.8) is 0 Å². The van der Waals surface area contributed by atoms with E-state index in [1.807, 2.05) is 44.2 Å². The van der Waals surface area contributed by atoms with Gasteiger partial charge in [-0.05, 0) is 55.3 Å². The van der Waals surface area contributed by atoms with Crippen LogP contribution in [0, 0.1) is 18.3 Å². The van der Waals surface area contributed by atoms with Crippen LogP contribution < -0.4 is 10.2 Å². The SMILES string of the molecule is CCCCN(CC(=O)N1CC(=O)N(c2cccc(C)c2)C1)C(=O)Nc1ccc(C#N)cc1. The Labute approximate surface area is 188 Å². The summed E-state index contributed by atoms with van der Waals surface area (Å²) in [6.45, 7) is 4.43. The molecule has 0 unspecified atom stereocenters. The Hall–Kier alpha value is -3.86. The summed E-state index contributed by atoms with van der Waals surface area (Å²) in [4.78, 5) is 42.8. The van der Waals surface area contributed by atoms with E-state index in [-0.39, 0.29) is 31.6 Å². The van der Waals surface area contributed by atoms with Crippen molar-refractivity contribution in [2.45, 2.75) is 26.7 Å². The van der Waals surface area contributed by atoms with Crippen LogP contribution in [0.25, 0.3) is 0 Å². The van der Waals surface area contributed by atoms with Crippen molar-refractivity contribution in [3.8, 4) is 6.07 Å².